The maximum Gasteiger partial charge on any atom is 0.245 e. The van der Waals surface area contributed by atoms with Gasteiger partial charge >= 0.3 is 0 Å². The molecule has 3 unspecified atom stereocenters. The van der Waals surface area contributed by atoms with Crippen LogP contribution in [-0.2, 0) is 14.4 Å². The molecule has 1 aromatic rings. The van der Waals surface area contributed by atoms with Crippen LogP contribution in [0.4, 0.5) is 0 Å². The van der Waals surface area contributed by atoms with Crippen LogP contribution < -0.4 is 0 Å². The fraction of sp³-hybridized carbons (Fsp3) is 0.519. The summed E-state index contributed by atoms with van der Waals surface area (Å²) in [4.78, 5) is 45.3. The van der Waals surface area contributed by atoms with Crippen molar-refractivity contribution in [3.8, 4) is 0 Å². The standard InChI is InChI=1S/C27H35N3O3/c1-20(2)19-24(30-25(31)22-12-6-7-13-23(22)26(30)32)27(33)29-17-15-28(16-18-29)14-8-11-21-9-4-3-5-10-21/h3-11,20,22-24H,12-19H2,1-2H3/b11-8+. The molecular weight excluding hydrogens is 414 g/mol. The Morgan fingerprint density at radius 1 is 0.970 bits per heavy atom. The van der Waals surface area contributed by atoms with Crippen LogP contribution in [0.5, 0.6) is 0 Å². The zero-order chi connectivity index (χ0) is 23.4. The Kier molecular flexibility index (Phi) is 7.43. The third-order valence-electron chi connectivity index (χ3n) is 6.99. The molecule has 176 valence electrons. The van der Waals surface area contributed by atoms with Gasteiger partial charge in [0.05, 0.1) is 11.8 Å². The van der Waals surface area contributed by atoms with E-state index in [0.29, 0.717) is 32.4 Å². The van der Waals surface area contributed by atoms with Crippen molar-refractivity contribution in [2.75, 3.05) is 32.7 Å². The molecule has 3 atom stereocenters. The molecule has 6 heteroatoms. The second-order valence-electron chi connectivity index (χ2n) is 9.79. The van der Waals surface area contributed by atoms with Gasteiger partial charge in [0.1, 0.15) is 6.04 Å². The summed E-state index contributed by atoms with van der Waals surface area (Å²) in [6.45, 7) is 7.74. The number of nitrogens with zero attached hydrogens (tertiary/aromatic N) is 3. The van der Waals surface area contributed by atoms with Crippen molar-refractivity contribution in [2.24, 2.45) is 17.8 Å². The number of hydrogen-bond acceptors (Lipinski definition) is 4. The molecule has 0 bridgehead atoms. The van der Waals surface area contributed by atoms with E-state index in [-0.39, 0.29) is 35.5 Å². The molecule has 0 spiro atoms. The first-order chi connectivity index (χ1) is 16.0. The van der Waals surface area contributed by atoms with Crippen LogP contribution in [0.15, 0.2) is 48.6 Å². The number of imide groups is 1. The monoisotopic (exact) mass is 449 g/mol. The lowest BCUT2D eigenvalue weighted by molar-refractivity contribution is -0.153. The highest BCUT2D eigenvalue weighted by molar-refractivity contribution is 6.08. The van der Waals surface area contributed by atoms with E-state index in [1.54, 1.807) is 0 Å². The Balaban J connectivity index is 1.37. The largest absolute Gasteiger partial charge is 0.338 e. The Hall–Kier alpha value is -2.73. The van der Waals surface area contributed by atoms with Gasteiger partial charge in [-0.2, -0.15) is 0 Å². The first-order valence-corrected chi connectivity index (χ1v) is 12.2. The van der Waals surface area contributed by atoms with Crippen molar-refractivity contribution in [3.05, 3.63) is 54.1 Å². The predicted molar refractivity (Wildman–Crippen MR) is 129 cm³/mol. The minimum atomic E-state index is -0.680. The van der Waals surface area contributed by atoms with E-state index < -0.39 is 6.04 Å². The fourth-order valence-corrected chi connectivity index (χ4v) is 5.16. The van der Waals surface area contributed by atoms with Gasteiger partial charge in [0.25, 0.3) is 0 Å². The molecule has 2 saturated heterocycles. The number of amides is 3. The highest BCUT2D eigenvalue weighted by Gasteiger charge is 2.51. The summed E-state index contributed by atoms with van der Waals surface area (Å²) in [7, 11) is 0. The van der Waals surface area contributed by atoms with Gasteiger partial charge in [-0.15, -0.1) is 0 Å². The molecule has 0 saturated carbocycles. The Bertz CT molecular complexity index is 890. The van der Waals surface area contributed by atoms with E-state index in [1.807, 2.05) is 49.1 Å². The van der Waals surface area contributed by atoms with Gasteiger partial charge in [-0.05, 0) is 30.7 Å². The lowest BCUT2D eigenvalue weighted by atomic mass is 9.85. The summed E-state index contributed by atoms with van der Waals surface area (Å²) in [5, 5.41) is 0. The lowest BCUT2D eigenvalue weighted by Crippen LogP contribution is -2.56. The number of hydrogen-bond donors (Lipinski definition) is 0. The third kappa shape index (κ3) is 5.27. The topological polar surface area (TPSA) is 60.9 Å². The average Bonchev–Trinajstić information content (AvgIpc) is 3.08. The third-order valence-corrected chi connectivity index (χ3v) is 6.99. The summed E-state index contributed by atoms with van der Waals surface area (Å²) < 4.78 is 0. The van der Waals surface area contributed by atoms with Crippen LogP contribution in [0.3, 0.4) is 0 Å². The molecular formula is C27H35N3O3. The molecule has 0 N–H and O–H groups in total. The Morgan fingerprint density at radius 3 is 2.15 bits per heavy atom. The quantitative estimate of drug-likeness (QED) is 0.474. The molecule has 0 radical (unpaired) electrons. The van der Waals surface area contributed by atoms with Crippen molar-refractivity contribution in [1.82, 2.24) is 14.7 Å². The minimum absolute atomic E-state index is 0.0727. The Labute approximate surface area is 196 Å². The van der Waals surface area contributed by atoms with Crippen LogP contribution in [0.25, 0.3) is 6.08 Å². The highest BCUT2D eigenvalue weighted by Crippen LogP contribution is 2.37. The van der Waals surface area contributed by atoms with E-state index in [0.717, 1.165) is 19.6 Å². The number of piperazine rings is 1. The summed E-state index contributed by atoms with van der Waals surface area (Å²) in [5.74, 6) is -0.756. The minimum Gasteiger partial charge on any atom is -0.338 e. The van der Waals surface area contributed by atoms with Gasteiger partial charge in [-0.25, -0.2) is 0 Å². The maximum absolute atomic E-state index is 13.6. The van der Waals surface area contributed by atoms with Gasteiger partial charge in [-0.1, -0.05) is 68.5 Å². The van der Waals surface area contributed by atoms with Gasteiger partial charge in [-0.3, -0.25) is 24.2 Å². The van der Waals surface area contributed by atoms with Crippen LogP contribution >= 0.6 is 0 Å². The number of rotatable bonds is 7. The number of benzene rings is 1. The molecule has 1 aromatic carbocycles. The average molecular weight is 450 g/mol. The molecule has 2 heterocycles. The lowest BCUT2D eigenvalue weighted by Gasteiger charge is -2.38. The molecule has 0 aromatic heterocycles. The van der Waals surface area contributed by atoms with Gasteiger partial charge in [0.15, 0.2) is 0 Å². The van der Waals surface area contributed by atoms with E-state index in [4.69, 9.17) is 0 Å². The second-order valence-corrected chi connectivity index (χ2v) is 9.79. The summed E-state index contributed by atoms with van der Waals surface area (Å²) in [6, 6.07) is 9.54. The first kappa shape index (κ1) is 23.4. The number of fused-ring (bicyclic) bond motifs is 1. The SMILES string of the molecule is CC(C)CC(C(=O)N1CCN(C/C=C/c2ccccc2)CC1)N1C(=O)C2CC=CCC2C1=O. The molecule has 2 fully saturated rings. The van der Waals surface area contributed by atoms with Crippen molar-refractivity contribution >= 4 is 23.8 Å². The first-order valence-electron chi connectivity index (χ1n) is 12.2. The molecule has 2 aliphatic heterocycles. The van der Waals surface area contributed by atoms with Crippen molar-refractivity contribution in [1.29, 1.82) is 0 Å². The number of carbonyl (C=O) groups is 3. The van der Waals surface area contributed by atoms with Gasteiger partial charge < -0.3 is 4.90 Å². The predicted octanol–water partition coefficient (Wildman–Crippen LogP) is 3.21. The zero-order valence-corrected chi connectivity index (χ0v) is 19.7. The van der Waals surface area contributed by atoms with Gasteiger partial charge in [0, 0.05) is 32.7 Å². The molecule has 4 rings (SSSR count). The van der Waals surface area contributed by atoms with E-state index in [9.17, 15) is 14.4 Å². The van der Waals surface area contributed by atoms with E-state index in [1.165, 1.54) is 10.5 Å². The van der Waals surface area contributed by atoms with E-state index in [2.05, 4.69) is 29.2 Å². The smallest absolute Gasteiger partial charge is 0.245 e. The van der Waals surface area contributed by atoms with Crippen molar-refractivity contribution in [2.45, 2.75) is 39.2 Å². The molecule has 1 aliphatic carbocycles. The zero-order valence-electron chi connectivity index (χ0n) is 19.7. The summed E-state index contributed by atoms with van der Waals surface area (Å²) in [6.07, 6.45) is 9.97. The maximum atomic E-state index is 13.6. The van der Waals surface area contributed by atoms with Crippen molar-refractivity contribution < 1.29 is 14.4 Å². The normalized spacial score (nSPS) is 24.7. The number of allylic oxidation sites excluding steroid dienone is 2. The summed E-state index contributed by atoms with van der Waals surface area (Å²) in [5.41, 5.74) is 1.18. The van der Waals surface area contributed by atoms with Crippen LogP contribution in [0.2, 0.25) is 0 Å². The van der Waals surface area contributed by atoms with Crippen LogP contribution in [-0.4, -0.2) is 71.2 Å². The fourth-order valence-electron chi connectivity index (χ4n) is 5.16. The molecule has 3 amide bonds. The number of carbonyl (C=O) groups excluding carboxylic acids is 3. The van der Waals surface area contributed by atoms with Crippen LogP contribution in [0.1, 0.15) is 38.7 Å². The van der Waals surface area contributed by atoms with E-state index >= 15 is 0 Å². The Morgan fingerprint density at radius 2 is 1.58 bits per heavy atom. The number of likely N-dealkylation sites (tertiary alicyclic amines) is 1. The molecule has 6 nitrogen and oxygen atoms in total. The molecule has 3 aliphatic rings. The van der Waals surface area contributed by atoms with Crippen LogP contribution in [0, 0.1) is 17.8 Å². The molecule has 33 heavy (non-hydrogen) atoms. The summed E-state index contributed by atoms with van der Waals surface area (Å²) >= 11 is 0. The van der Waals surface area contributed by atoms with Crippen molar-refractivity contribution in [3.63, 3.8) is 0 Å². The highest BCUT2D eigenvalue weighted by atomic mass is 16.2. The van der Waals surface area contributed by atoms with Gasteiger partial charge in [0.2, 0.25) is 17.7 Å². The second kappa shape index (κ2) is 10.5.